The van der Waals surface area contributed by atoms with Crippen LogP contribution in [0.5, 0.6) is 5.75 Å². The first-order valence-corrected chi connectivity index (χ1v) is 9.39. The molecule has 1 fully saturated rings. The van der Waals surface area contributed by atoms with Crippen molar-refractivity contribution in [3.8, 4) is 5.75 Å². The summed E-state index contributed by atoms with van der Waals surface area (Å²) in [5.74, 6) is 0.665. The lowest BCUT2D eigenvalue weighted by molar-refractivity contribution is -0.903. The molecular weight excluding hydrogens is 378 g/mol. The Morgan fingerprint density at radius 1 is 1.14 bits per heavy atom. The van der Waals surface area contributed by atoms with Crippen LogP contribution < -0.4 is 26.9 Å². The number of aliphatic hydroxyl groups excluding tert-OH is 1. The van der Waals surface area contributed by atoms with Crippen molar-refractivity contribution in [1.82, 2.24) is 0 Å². The summed E-state index contributed by atoms with van der Waals surface area (Å²) in [6.07, 6.45) is -0.514. The minimum absolute atomic E-state index is 0. The summed E-state index contributed by atoms with van der Waals surface area (Å²) in [6, 6.07) is 17.8. The zero-order valence-electron chi connectivity index (χ0n) is 16.1. The SMILES string of the molecule is C/C(=N/O)c1cccc(OCC(O)C[NH+]2CCN(c3ccccc3)CC2)c1.[Cl-]. The summed E-state index contributed by atoms with van der Waals surface area (Å²) in [6.45, 7) is 6.67. The number of nitrogens with one attached hydrogen (secondary N) is 1. The Kier molecular flexibility index (Phi) is 8.57. The smallest absolute Gasteiger partial charge is 0.137 e. The number of hydrogen-bond donors (Lipinski definition) is 3. The molecule has 0 saturated carbocycles. The second kappa shape index (κ2) is 10.9. The summed E-state index contributed by atoms with van der Waals surface area (Å²) in [7, 11) is 0. The monoisotopic (exact) mass is 405 g/mol. The molecule has 152 valence electrons. The number of hydrogen-bond acceptors (Lipinski definition) is 5. The molecule has 0 aromatic heterocycles. The van der Waals surface area contributed by atoms with Crippen LogP contribution in [-0.2, 0) is 0 Å². The van der Waals surface area contributed by atoms with Crippen molar-refractivity contribution in [1.29, 1.82) is 0 Å². The molecule has 1 heterocycles. The van der Waals surface area contributed by atoms with E-state index in [0.717, 1.165) is 31.7 Å². The van der Waals surface area contributed by atoms with Gasteiger partial charge in [0.2, 0.25) is 0 Å². The maximum Gasteiger partial charge on any atom is 0.137 e. The molecule has 0 amide bonds. The Labute approximate surface area is 172 Å². The van der Waals surface area contributed by atoms with Gasteiger partial charge >= 0.3 is 0 Å². The van der Waals surface area contributed by atoms with Gasteiger partial charge in [0.1, 0.15) is 25.0 Å². The third-order valence-electron chi connectivity index (χ3n) is 4.96. The molecule has 6 nitrogen and oxygen atoms in total. The van der Waals surface area contributed by atoms with E-state index in [1.807, 2.05) is 30.3 Å². The molecule has 7 heteroatoms. The molecule has 2 aromatic rings. The number of aliphatic hydroxyl groups is 1. The molecule has 0 radical (unpaired) electrons. The average molecular weight is 406 g/mol. The van der Waals surface area contributed by atoms with Crippen LogP contribution in [0.3, 0.4) is 0 Å². The van der Waals surface area contributed by atoms with Gasteiger partial charge in [-0.1, -0.05) is 35.5 Å². The first-order chi connectivity index (χ1) is 13.2. The Bertz CT molecular complexity index is 750. The van der Waals surface area contributed by atoms with Crippen molar-refractivity contribution in [3.05, 3.63) is 60.2 Å². The van der Waals surface area contributed by atoms with Crippen LogP contribution in [0.15, 0.2) is 59.8 Å². The molecule has 1 saturated heterocycles. The van der Waals surface area contributed by atoms with E-state index in [1.165, 1.54) is 10.6 Å². The summed E-state index contributed by atoms with van der Waals surface area (Å²) in [4.78, 5) is 3.79. The maximum absolute atomic E-state index is 10.3. The van der Waals surface area contributed by atoms with Gasteiger partial charge in [-0.3, -0.25) is 0 Å². The highest BCUT2D eigenvalue weighted by molar-refractivity contribution is 5.98. The lowest BCUT2D eigenvalue weighted by Gasteiger charge is -2.34. The van der Waals surface area contributed by atoms with Gasteiger partial charge in [0.15, 0.2) is 0 Å². The molecule has 1 aliphatic rings. The van der Waals surface area contributed by atoms with E-state index in [2.05, 4.69) is 34.3 Å². The number of nitrogens with zero attached hydrogens (tertiary/aromatic N) is 2. The van der Waals surface area contributed by atoms with Gasteiger partial charge in [-0.25, -0.2) is 0 Å². The van der Waals surface area contributed by atoms with E-state index in [-0.39, 0.29) is 19.0 Å². The molecule has 3 N–H and O–H groups in total. The van der Waals surface area contributed by atoms with Crippen LogP contribution >= 0.6 is 0 Å². The fourth-order valence-corrected chi connectivity index (χ4v) is 3.38. The predicted octanol–water partition coefficient (Wildman–Crippen LogP) is -1.97. The number of halogens is 1. The number of anilines is 1. The third-order valence-corrected chi connectivity index (χ3v) is 4.96. The number of para-hydroxylation sites is 1. The third kappa shape index (κ3) is 6.12. The van der Waals surface area contributed by atoms with Gasteiger partial charge in [-0.05, 0) is 31.2 Å². The van der Waals surface area contributed by atoms with E-state index >= 15 is 0 Å². The van der Waals surface area contributed by atoms with Crippen LogP contribution in [0, 0.1) is 0 Å². The lowest BCUT2D eigenvalue weighted by atomic mass is 10.1. The standard InChI is InChI=1S/C21H27N3O3.ClH/c1-17(22-26)18-6-5-9-21(14-18)27-16-20(25)15-23-10-12-24(13-11-23)19-7-3-2-4-8-19;/h2-9,14,20,25-26H,10-13,15-16H2,1H3;1H/b22-17-;. The van der Waals surface area contributed by atoms with Crippen molar-refractivity contribution in [2.75, 3.05) is 44.2 Å². The minimum atomic E-state index is -0.514. The highest BCUT2D eigenvalue weighted by atomic mass is 35.5. The van der Waals surface area contributed by atoms with Crippen molar-refractivity contribution < 1.29 is 32.4 Å². The van der Waals surface area contributed by atoms with Crippen molar-refractivity contribution in [2.24, 2.45) is 5.16 Å². The normalized spacial score (nSPS) is 16.4. The molecule has 0 bridgehead atoms. The lowest BCUT2D eigenvalue weighted by Crippen LogP contribution is -3.16. The van der Waals surface area contributed by atoms with Crippen molar-refractivity contribution in [3.63, 3.8) is 0 Å². The molecule has 1 unspecified atom stereocenters. The van der Waals surface area contributed by atoms with Gasteiger partial charge in [0.05, 0.1) is 31.9 Å². The van der Waals surface area contributed by atoms with Crippen LogP contribution in [0.1, 0.15) is 12.5 Å². The Hall–Kier alpha value is -2.28. The second-order valence-corrected chi connectivity index (χ2v) is 6.95. The van der Waals surface area contributed by atoms with E-state index in [1.54, 1.807) is 6.92 Å². The van der Waals surface area contributed by atoms with Gasteiger partial charge in [0.25, 0.3) is 0 Å². The number of quaternary nitrogens is 1. The van der Waals surface area contributed by atoms with Gasteiger partial charge < -0.3 is 37.3 Å². The van der Waals surface area contributed by atoms with E-state index in [9.17, 15) is 5.11 Å². The average Bonchev–Trinajstić information content (AvgIpc) is 2.73. The highest BCUT2D eigenvalue weighted by Crippen LogP contribution is 2.14. The first kappa shape index (κ1) is 22.0. The second-order valence-electron chi connectivity index (χ2n) is 6.95. The fraction of sp³-hybridized carbons (Fsp3) is 0.381. The number of oxime groups is 1. The Morgan fingerprint density at radius 3 is 2.54 bits per heavy atom. The van der Waals surface area contributed by atoms with Gasteiger partial charge in [-0.15, -0.1) is 0 Å². The largest absolute Gasteiger partial charge is 1.00 e. The Balaban J connectivity index is 0.00000280. The molecular formula is C21H28ClN3O3. The molecule has 1 aliphatic heterocycles. The minimum Gasteiger partial charge on any atom is -1.00 e. The number of piperazine rings is 1. The molecule has 0 aliphatic carbocycles. The molecule has 0 spiro atoms. The van der Waals surface area contributed by atoms with Crippen LogP contribution in [0.25, 0.3) is 0 Å². The summed E-state index contributed by atoms with van der Waals surface area (Å²) in [5.41, 5.74) is 2.59. The van der Waals surface area contributed by atoms with Crippen LogP contribution in [0.4, 0.5) is 5.69 Å². The fourth-order valence-electron chi connectivity index (χ4n) is 3.38. The summed E-state index contributed by atoms with van der Waals surface area (Å²) >= 11 is 0. The molecule has 28 heavy (non-hydrogen) atoms. The Morgan fingerprint density at radius 2 is 1.86 bits per heavy atom. The summed E-state index contributed by atoms with van der Waals surface area (Å²) in [5, 5.41) is 22.4. The number of benzene rings is 2. The first-order valence-electron chi connectivity index (χ1n) is 9.39. The number of ether oxygens (including phenoxy) is 1. The van der Waals surface area contributed by atoms with E-state index < -0.39 is 6.10 Å². The molecule has 2 aromatic carbocycles. The van der Waals surface area contributed by atoms with E-state index in [4.69, 9.17) is 9.94 Å². The van der Waals surface area contributed by atoms with Gasteiger partial charge in [-0.2, -0.15) is 0 Å². The van der Waals surface area contributed by atoms with E-state index in [0.29, 0.717) is 18.0 Å². The molecule has 3 rings (SSSR count). The van der Waals surface area contributed by atoms with Crippen LogP contribution in [-0.4, -0.2) is 61.5 Å². The van der Waals surface area contributed by atoms with Crippen molar-refractivity contribution in [2.45, 2.75) is 13.0 Å². The summed E-state index contributed by atoms with van der Waals surface area (Å²) < 4.78 is 5.72. The quantitative estimate of drug-likeness (QED) is 0.284. The zero-order valence-corrected chi connectivity index (χ0v) is 16.8. The van der Waals surface area contributed by atoms with Crippen LogP contribution in [0.2, 0.25) is 0 Å². The number of rotatable bonds is 7. The molecule has 1 atom stereocenters. The highest BCUT2D eigenvalue weighted by Gasteiger charge is 2.22. The zero-order chi connectivity index (χ0) is 19.1. The van der Waals surface area contributed by atoms with Crippen molar-refractivity contribution >= 4 is 11.4 Å². The van der Waals surface area contributed by atoms with Gasteiger partial charge in [0, 0.05) is 11.3 Å². The predicted molar refractivity (Wildman–Crippen MR) is 106 cm³/mol. The topological polar surface area (TPSA) is 69.7 Å². The maximum atomic E-state index is 10.3.